The van der Waals surface area contributed by atoms with Gasteiger partial charge in [-0.25, -0.2) is 14.6 Å². The van der Waals surface area contributed by atoms with Gasteiger partial charge in [-0.05, 0) is 35.9 Å². The van der Waals surface area contributed by atoms with E-state index in [0.717, 1.165) is 17.0 Å². The number of carbonyl (C=O) groups excluding carboxylic acids is 2. The molecule has 0 spiro atoms. The lowest BCUT2D eigenvalue weighted by molar-refractivity contribution is 0.0601. The van der Waals surface area contributed by atoms with Gasteiger partial charge in [0.2, 0.25) is 0 Å². The van der Waals surface area contributed by atoms with Gasteiger partial charge in [-0.3, -0.25) is 0 Å². The molecule has 0 radical (unpaired) electrons. The van der Waals surface area contributed by atoms with Gasteiger partial charge in [0.25, 0.3) is 0 Å². The van der Waals surface area contributed by atoms with Crippen LogP contribution >= 0.6 is 23.2 Å². The first-order valence-corrected chi connectivity index (χ1v) is 9.96. The second kappa shape index (κ2) is 8.38. The average molecular weight is 445 g/mol. The van der Waals surface area contributed by atoms with Gasteiger partial charge in [-0.15, -0.1) is 0 Å². The Hall–Kier alpha value is -3.03. The molecule has 0 saturated heterocycles. The molecule has 4 rings (SSSR count). The Morgan fingerprint density at radius 1 is 1.20 bits per heavy atom. The first kappa shape index (κ1) is 20.3. The number of imidazole rings is 1. The van der Waals surface area contributed by atoms with Gasteiger partial charge >= 0.3 is 12.0 Å². The van der Waals surface area contributed by atoms with Gasteiger partial charge in [0.05, 0.1) is 29.7 Å². The van der Waals surface area contributed by atoms with Crippen LogP contribution in [-0.2, 0) is 11.2 Å². The van der Waals surface area contributed by atoms with Crippen molar-refractivity contribution in [1.82, 2.24) is 14.9 Å². The van der Waals surface area contributed by atoms with E-state index in [4.69, 9.17) is 27.9 Å². The van der Waals surface area contributed by atoms with Crippen molar-refractivity contribution >= 4 is 40.9 Å². The zero-order valence-electron chi connectivity index (χ0n) is 16.0. The molecule has 30 heavy (non-hydrogen) atoms. The maximum Gasteiger partial charge on any atom is 0.339 e. The molecular weight excluding hydrogens is 427 g/mol. The summed E-state index contributed by atoms with van der Waals surface area (Å²) in [5.41, 5.74) is 3.31. The molecule has 0 bridgehead atoms. The fourth-order valence-electron chi connectivity index (χ4n) is 3.54. The average Bonchev–Trinajstić information content (AvgIpc) is 3.23. The number of nitrogens with one attached hydrogen (secondary N) is 2. The monoisotopic (exact) mass is 444 g/mol. The molecule has 1 atom stereocenters. The molecule has 3 aromatic rings. The summed E-state index contributed by atoms with van der Waals surface area (Å²) in [5, 5.41) is 3.71. The lowest BCUT2D eigenvalue weighted by Crippen LogP contribution is -2.43. The van der Waals surface area contributed by atoms with Gasteiger partial charge < -0.3 is 19.9 Å². The summed E-state index contributed by atoms with van der Waals surface area (Å²) in [7, 11) is 1.27. The molecule has 154 valence electrons. The Morgan fingerprint density at radius 2 is 1.97 bits per heavy atom. The van der Waals surface area contributed by atoms with Gasteiger partial charge in [0.1, 0.15) is 6.04 Å². The minimum atomic E-state index is -0.575. The summed E-state index contributed by atoms with van der Waals surface area (Å²) in [5.74, 6) is -0.575. The molecule has 2 amide bonds. The molecule has 0 unspecified atom stereocenters. The maximum absolute atomic E-state index is 13.2. The van der Waals surface area contributed by atoms with E-state index in [9.17, 15) is 9.59 Å². The molecule has 7 nitrogen and oxygen atoms in total. The summed E-state index contributed by atoms with van der Waals surface area (Å²) in [6, 6.07) is 11.3. The van der Waals surface area contributed by atoms with Crippen LogP contribution in [0, 0.1) is 0 Å². The minimum Gasteiger partial charge on any atom is -0.465 e. The molecule has 2 aromatic carbocycles. The van der Waals surface area contributed by atoms with E-state index in [2.05, 4.69) is 15.3 Å². The predicted molar refractivity (Wildman–Crippen MR) is 114 cm³/mol. The van der Waals surface area contributed by atoms with Crippen LogP contribution < -0.4 is 5.32 Å². The van der Waals surface area contributed by atoms with E-state index in [1.54, 1.807) is 35.5 Å². The number of hydrogen-bond acceptors (Lipinski definition) is 4. The number of aromatic nitrogens is 2. The Labute approximate surface area is 183 Å². The number of esters is 1. The Balaban J connectivity index is 1.64. The van der Waals surface area contributed by atoms with Gasteiger partial charge in [-0.1, -0.05) is 35.3 Å². The number of amides is 2. The predicted octanol–water partition coefficient (Wildman–Crippen LogP) is 4.68. The Bertz CT molecular complexity index is 1100. The highest BCUT2D eigenvalue weighted by Gasteiger charge is 2.34. The summed E-state index contributed by atoms with van der Waals surface area (Å²) in [6.07, 6.45) is 2.29. The zero-order valence-corrected chi connectivity index (χ0v) is 17.5. The van der Waals surface area contributed by atoms with Gasteiger partial charge in [0.15, 0.2) is 0 Å². The highest BCUT2D eigenvalue weighted by molar-refractivity contribution is 6.33. The van der Waals surface area contributed by atoms with Crippen molar-refractivity contribution in [2.75, 3.05) is 19.0 Å². The number of methoxy groups -OCH3 is 1. The van der Waals surface area contributed by atoms with Crippen LogP contribution in [0.2, 0.25) is 10.0 Å². The highest BCUT2D eigenvalue weighted by atomic mass is 35.5. The fourth-order valence-corrected chi connectivity index (χ4v) is 3.86. The van der Waals surface area contributed by atoms with E-state index < -0.39 is 5.97 Å². The lowest BCUT2D eigenvalue weighted by atomic mass is 9.96. The van der Waals surface area contributed by atoms with Crippen LogP contribution in [0.25, 0.3) is 0 Å². The molecule has 1 aliphatic rings. The second-order valence-corrected chi connectivity index (χ2v) is 7.62. The van der Waals surface area contributed by atoms with Crippen molar-refractivity contribution in [3.05, 3.63) is 81.4 Å². The molecule has 2 heterocycles. The fraction of sp³-hybridized carbons (Fsp3) is 0.190. The summed E-state index contributed by atoms with van der Waals surface area (Å²) >= 11 is 12.1. The van der Waals surface area contributed by atoms with E-state index >= 15 is 0 Å². The smallest absolute Gasteiger partial charge is 0.339 e. The molecule has 0 saturated carbocycles. The van der Waals surface area contributed by atoms with Crippen molar-refractivity contribution in [3.8, 4) is 0 Å². The number of rotatable bonds is 3. The van der Waals surface area contributed by atoms with Gasteiger partial charge in [0, 0.05) is 29.4 Å². The molecule has 1 aromatic heterocycles. The summed E-state index contributed by atoms with van der Waals surface area (Å²) < 4.78 is 4.74. The van der Waals surface area contributed by atoms with E-state index in [-0.39, 0.29) is 22.7 Å². The zero-order chi connectivity index (χ0) is 21.3. The molecule has 9 heteroatoms. The van der Waals surface area contributed by atoms with E-state index in [1.807, 2.05) is 12.1 Å². The number of H-pyrrole nitrogens is 1. The summed E-state index contributed by atoms with van der Waals surface area (Å²) in [4.78, 5) is 34.4. The quantitative estimate of drug-likeness (QED) is 0.573. The normalized spacial score (nSPS) is 15.4. The van der Waals surface area contributed by atoms with Crippen molar-refractivity contribution in [2.45, 2.75) is 12.5 Å². The van der Waals surface area contributed by atoms with Crippen LogP contribution in [0.15, 0.2) is 48.8 Å². The van der Waals surface area contributed by atoms with Gasteiger partial charge in [-0.2, -0.15) is 0 Å². The van der Waals surface area contributed by atoms with Crippen LogP contribution in [0.3, 0.4) is 0 Å². The standard InChI is InChI=1S/C21H18Cl2N4O3/c1-30-20(28)15-10-14(6-7-16(15)23)26-21(29)27-9-8-17-18(25-11-24-17)19(27)12-2-4-13(22)5-3-12/h2-7,10-11,19H,8-9H2,1H3,(H,24,25)(H,26,29)/t19-/m0/s1. The highest BCUT2D eigenvalue weighted by Crippen LogP contribution is 2.34. The van der Waals surface area contributed by atoms with E-state index in [1.165, 1.54) is 13.2 Å². The molecule has 1 aliphatic heterocycles. The van der Waals surface area contributed by atoms with Crippen LogP contribution in [-0.4, -0.2) is 40.5 Å². The molecule has 2 N–H and O–H groups in total. The Morgan fingerprint density at radius 3 is 2.70 bits per heavy atom. The summed E-state index contributed by atoms with van der Waals surface area (Å²) in [6.45, 7) is 0.492. The number of hydrogen-bond donors (Lipinski definition) is 2. The van der Waals surface area contributed by atoms with Crippen LogP contribution in [0.4, 0.5) is 10.5 Å². The number of nitrogens with zero attached hydrogens (tertiary/aromatic N) is 2. The van der Waals surface area contributed by atoms with Crippen molar-refractivity contribution in [1.29, 1.82) is 0 Å². The lowest BCUT2D eigenvalue weighted by Gasteiger charge is -2.35. The van der Waals surface area contributed by atoms with Crippen LogP contribution in [0.5, 0.6) is 0 Å². The number of halogens is 2. The molecule has 0 aliphatic carbocycles. The van der Waals surface area contributed by atoms with Crippen LogP contribution in [0.1, 0.15) is 33.4 Å². The molecular formula is C21H18Cl2N4O3. The number of benzene rings is 2. The number of anilines is 1. The second-order valence-electron chi connectivity index (χ2n) is 6.78. The van der Waals surface area contributed by atoms with E-state index in [0.29, 0.717) is 23.7 Å². The SMILES string of the molecule is COC(=O)c1cc(NC(=O)N2CCc3[nH]cnc3[C@@H]2c2ccc(Cl)cc2)ccc1Cl. The Kier molecular flexibility index (Phi) is 5.65. The maximum atomic E-state index is 13.2. The first-order chi connectivity index (χ1) is 14.5. The number of ether oxygens (including phenoxy) is 1. The third kappa shape index (κ3) is 3.86. The number of urea groups is 1. The number of carbonyl (C=O) groups is 2. The minimum absolute atomic E-state index is 0.180. The largest absolute Gasteiger partial charge is 0.465 e. The topological polar surface area (TPSA) is 87.3 Å². The number of fused-ring (bicyclic) bond motifs is 1. The first-order valence-electron chi connectivity index (χ1n) is 9.21. The van der Waals surface area contributed by atoms with Crippen molar-refractivity contribution in [3.63, 3.8) is 0 Å². The van der Waals surface area contributed by atoms with Crippen molar-refractivity contribution < 1.29 is 14.3 Å². The third-order valence-corrected chi connectivity index (χ3v) is 5.58. The third-order valence-electron chi connectivity index (χ3n) is 4.99. The van der Waals surface area contributed by atoms with Crippen molar-refractivity contribution in [2.24, 2.45) is 0 Å². The molecule has 0 fully saturated rings. The number of aromatic amines is 1.